The molecule has 2 rings (SSSR count). The molecule has 0 aliphatic rings. The number of benzene rings is 2. The molecule has 0 heterocycles. The Morgan fingerprint density at radius 3 is 2.70 bits per heavy atom. The fourth-order valence-electron chi connectivity index (χ4n) is 1.97. The fraction of sp³-hybridized carbons (Fsp3) is 0.375. The highest BCUT2D eigenvalue weighted by molar-refractivity contribution is 5.88. The monoisotopic (exact) mass is 275 g/mol. The summed E-state index contributed by atoms with van der Waals surface area (Å²) in [6.07, 6.45) is -0.608. The Balaban J connectivity index is 1.92. The Labute approximate surface area is 119 Å². The zero-order valence-corrected chi connectivity index (χ0v) is 11.6. The molecule has 4 heteroatoms. The SMILES string of the molecule is C[C@H](CO)NC[C@@H](O)COc1cccc2ccccc12. The normalized spacial score (nSPS) is 14.2. The van der Waals surface area contributed by atoms with Gasteiger partial charge in [-0.1, -0.05) is 36.4 Å². The van der Waals surface area contributed by atoms with Gasteiger partial charge in [-0.2, -0.15) is 0 Å². The van der Waals surface area contributed by atoms with Gasteiger partial charge in [0.2, 0.25) is 0 Å². The Morgan fingerprint density at radius 2 is 1.90 bits per heavy atom. The number of ether oxygens (including phenoxy) is 1. The molecule has 0 fully saturated rings. The smallest absolute Gasteiger partial charge is 0.127 e. The van der Waals surface area contributed by atoms with Crippen LogP contribution in [0.4, 0.5) is 0 Å². The minimum absolute atomic E-state index is 0.0257. The molecular formula is C16H21NO3. The minimum atomic E-state index is -0.608. The zero-order chi connectivity index (χ0) is 14.4. The van der Waals surface area contributed by atoms with Crippen molar-refractivity contribution in [1.29, 1.82) is 0 Å². The van der Waals surface area contributed by atoms with Crippen LogP contribution in [0.2, 0.25) is 0 Å². The third-order valence-corrected chi connectivity index (χ3v) is 3.16. The van der Waals surface area contributed by atoms with Crippen LogP contribution in [0.5, 0.6) is 5.75 Å². The van der Waals surface area contributed by atoms with Crippen molar-refractivity contribution in [2.75, 3.05) is 19.8 Å². The summed E-state index contributed by atoms with van der Waals surface area (Å²) in [5.74, 6) is 0.775. The number of nitrogens with one attached hydrogen (secondary N) is 1. The van der Waals surface area contributed by atoms with Crippen LogP contribution in [-0.2, 0) is 0 Å². The van der Waals surface area contributed by atoms with Crippen LogP contribution in [0.15, 0.2) is 42.5 Å². The zero-order valence-electron chi connectivity index (χ0n) is 11.6. The van der Waals surface area contributed by atoms with Gasteiger partial charge in [-0.3, -0.25) is 0 Å². The van der Waals surface area contributed by atoms with Gasteiger partial charge in [0.15, 0.2) is 0 Å². The van der Waals surface area contributed by atoms with Crippen molar-refractivity contribution in [2.24, 2.45) is 0 Å². The third kappa shape index (κ3) is 3.93. The molecule has 0 aliphatic carbocycles. The van der Waals surface area contributed by atoms with Crippen LogP contribution in [-0.4, -0.2) is 42.1 Å². The number of rotatable bonds is 7. The van der Waals surface area contributed by atoms with Gasteiger partial charge < -0.3 is 20.3 Å². The van der Waals surface area contributed by atoms with Crippen molar-refractivity contribution >= 4 is 10.8 Å². The Hall–Kier alpha value is -1.62. The van der Waals surface area contributed by atoms with Crippen LogP contribution >= 0.6 is 0 Å². The summed E-state index contributed by atoms with van der Waals surface area (Å²) < 4.78 is 5.69. The molecule has 0 saturated carbocycles. The Morgan fingerprint density at radius 1 is 1.15 bits per heavy atom. The average molecular weight is 275 g/mol. The Kier molecular flexibility index (Phi) is 5.35. The maximum absolute atomic E-state index is 9.86. The summed E-state index contributed by atoms with van der Waals surface area (Å²) in [4.78, 5) is 0. The van der Waals surface area contributed by atoms with Crippen LogP contribution in [0.3, 0.4) is 0 Å². The van der Waals surface area contributed by atoms with E-state index in [1.54, 1.807) is 0 Å². The summed E-state index contributed by atoms with van der Waals surface area (Å²) in [5, 5.41) is 23.9. The second-order valence-corrected chi connectivity index (χ2v) is 4.93. The lowest BCUT2D eigenvalue weighted by Crippen LogP contribution is -2.38. The van der Waals surface area contributed by atoms with E-state index >= 15 is 0 Å². The first-order valence-electron chi connectivity index (χ1n) is 6.83. The van der Waals surface area contributed by atoms with Gasteiger partial charge in [0, 0.05) is 18.0 Å². The molecule has 0 bridgehead atoms. The van der Waals surface area contributed by atoms with E-state index in [0.29, 0.717) is 6.54 Å². The highest BCUT2D eigenvalue weighted by Crippen LogP contribution is 2.25. The first-order valence-corrected chi connectivity index (χ1v) is 6.83. The van der Waals surface area contributed by atoms with Crippen LogP contribution in [0.25, 0.3) is 10.8 Å². The van der Waals surface area contributed by atoms with Gasteiger partial charge in [0.05, 0.1) is 6.61 Å². The molecule has 4 nitrogen and oxygen atoms in total. The molecule has 0 aliphatic heterocycles. The second kappa shape index (κ2) is 7.24. The molecule has 3 N–H and O–H groups in total. The van der Waals surface area contributed by atoms with E-state index in [9.17, 15) is 5.11 Å². The van der Waals surface area contributed by atoms with Gasteiger partial charge >= 0.3 is 0 Å². The molecule has 20 heavy (non-hydrogen) atoms. The van der Waals surface area contributed by atoms with Crippen molar-refractivity contribution in [3.05, 3.63) is 42.5 Å². The molecule has 0 aromatic heterocycles. The van der Waals surface area contributed by atoms with Crippen LogP contribution in [0.1, 0.15) is 6.92 Å². The number of aliphatic hydroxyl groups is 2. The summed E-state index contributed by atoms with van der Waals surface area (Å²) in [6.45, 7) is 2.53. The van der Waals surface area contributed by atoms with Gasteiger partial charge in [0.25, 0.3) is 0 Å². The lowest BCUT2D eigenvalue weighted by molar-refractivity contribution is 0.102. The minimum Gasteiger partial charge on any atom is -0.490 e. The van der Waals surface area contributed by atoms with Crippen molar-refractivity contribution < 1.29 is 14.9 Å². The summed E-state index contributed by atoms with van der Waals surface area (Å²) >= 11 is 0. The molecule has 0 radical (unpaired) electrons. The van der Waals surface area contributed by atoms with Gasteiger partial charge in [-0.25, -0.2) is 0 Å². The van der Waals surface area contributed by atoms with Crippen LogP contribution < -0.4 is 10.1 Å². The second-order valence-electron chi connectivity index (χ2n) is 4.93. The lowest BCUT2D eigenvalue weighted by atomic mass is 10.1. The van der Waals surface area contributed by atoms with Gasteiger partial charge in [-0.05, 0) is 18.4 Å². The number of fused-ring (bicyclic) bond motifs is 1. The standard InChI is InChI=1S/C16H21NO3/c1-12(10-18)17-9-14(19)11-20-16-8-4-6-13-5-2-3-7-15(13)16/h2-8,12,14,17-19H,9-11H2,1H3/t12-,14-/m1/s1. The molecule has 0 unspecified atom stereocenters. The maximum atomic E-state index is 9.86. The van der Waals surface area contributed by atoms with Crippen molar-refractivity contribution in [3.63, 3.8) is 0 Å². The largest absolute Gasteiger partial charge is 0.490 e. The van der Waals surface area contributed by atoms with Gasteiger partial charge in [0.1, 0.15) is 18.5 Å². The lowest BCUT2D eigenvalue weighted by Gasteiger charge is -2.16. The molecule has 2 aromatic carbocycles. The van der Waals surface area contributed by atoms with Crippen molar-refractivity contribution in [1.82, 2.24) is 5.32 Å². The summed E-state index contributed by atoms with van der Waals surface area (Å²) in [5.41, 5.74) is 0. The average Bonchev–Trinajstić information content (AvgIpc) is 2.50. The molecular weight excluding hydrogens is 254 g/mol. The molecule has 0 amide bonds. The highest BCUT2D eigenvalue weighted by Gasteiger charge is 2.08. The maximum Gasteiger partial charge on any atom is 0.127 e. The predicted octanol–water partition coefficient (Wildman–Crippen LogP) is 1.55. The summed E-state index contributed by atoms with van der Waals surface area (Å²) in [6, 6.07) is 13.8. The number of hydrogen-bond donors (Lipinski definition) is 3. The van der Waals surface area contributed by atoms with E-state index < -0.39 is 6.10 Å². The topological polar surface area (TPSA) is 61.7 Å². The predicted molar refractivity (Wildman–Crippen MR) is 80.0 cm³/mol. The van der Waals surface area contributed by atoms with E-state index in [2.05, 4.69) is 5.32 Å². The quantitative estimate of drug-likeness (QED) is 0.717. The van der Waals surface area contributed by atoms with Crippen LogP contribution in [0, 0.1) is 0 Å². The Bertz CT molecular complexity index is 539. The van der Waals surface area contributed by atoms with E-state index in [0.717, 1.165) is 16.5 Å². The first-order chi connectivity index (χ1) is 9.70. The van der Waals surface area contributed by atoms with E-state index in [4.69, 9.17) is 9.84 Å². The number of hydrogen-bond acceptors (Lipinski definition) is 4. The molecule has 0 saturated heterocycles. The number of aliphatic hydroxyl groups excluding tert-OH is 2. The molecule has 2 aromatic rings. The third-order valence-electron chi connectivity index (χ3n) is 3.16. The highest BCUT2D eigenvalue weighted by atomic mass is 16.5. The molecule has 2 atom stereocenters. The van der Waals surface area contributed by atoms with Crippen molar-refractivity contribution in [2.45, 2.75) is 19.1 Å². The van der Waals surface area contributed by atoms with Gasteiger partial charge in [-0.15, -0.1) is 0 Å². The van der Waals surface area contributed by atoms with Crippen molar-refractivity contribution in [3.8, 4) is 5.75 Å². The first kappa shape index (κ1) is 14.8. The van der Waals surface area contributed by atoms with E-state index in [1.165, 1.54) is 0 Å². The molecule has 0 spiro atoms. The van der Waals surface area contributed by atoms with E-state index in [-0.39, 0.29) is 19.3 Å². The fourth-order valence-corrected chi connectivity index (χ4v) is 1.97. The molecule has 108 valence electrons. The summed E-state index contributed by atoms with van der Waals surface area (Å²) in [7, 11) is 0. The van der Waals surface area contributed by atoms with E-state index in [1.807, 2.05) is 49.4 Å².